The molecule has 0 aliphatic heterocycles. The van der Waals surface area contributed by atoms with E-state index in [1.165, 1.54) is 55.2 Å². The van der Waals surface area contributed by atoms with Crippen LogP contribution in [0.15, 0.2) is 24.3 Å². The van der Waals surface area contributed by atoms with Crippen molar-refractivity contribution in [1.29, 1.82) is 0 Å². The van der Waals surface area contributed by atoms with Gasteiger partial charge in [0.25, 0.3) is 0 Å². The zero-order valence-electron chi connectivity index (χ0n) is 18.0. The van der Waals surface area contributed by atoms with Gasteiger partial charge in [-0.3, -0.25) is 0 Å². The molecular formula is C26H32FNOS. The van der Waals surface area contributed by atoms with Gasteiger partial charge in [-0.2, -0.15) is 0 Å². The number of aliphatic hydroxyl groups is 1. The van der Waals surface area contributed by atoms with Crippen LogP contribution in [0.5, 0.6) is 0 Å². The van der Waals surface area contributed by atoms with Crippen LogP contribution in [0.3, 0.4) is 0 Å². The van der Waals surface area contributed by atoms with E-state index < -0.39 is 0 Å². The first kappa shape index (κ1) is 19.4. The summed E-state index contributed by atoms with van der Waals surface area (Å²) in [6.07, 6.45) is 9.41. The normalized spacial score (nSPS) is 42.2. The maximum absolute atomic E-state index is 13.8. The van der Waals surface area contributed by atoms with Crippen LogP contribution in [0, 0.1) is 34.4 Å². The van der Waals surface area contributed by atoms with Crippen LogP contribution in [0.2, 0.25) is 0 Å². The number of aromatic nitrogens is 1. The monoisotopic (exact) mass is 425 g/mol. The zero-order chi connectivity index (χ0) is 20.7. The predicted molar refractivity (Wildman–Crippen MR) is 119 cm³/mol. The van der Waals surface area contributed by atoms with E-state index >= 15 is 0 Å². The number of aliphatic hydroxyl groups excluding tert-OH is 1. The molecule has 4 heteroatoms. The Balaban J connectivity index is 1.34. The van der Waals surface area contributed by atoms with Crippen LogP contribution in [0.1, 0.15) is 75.3 Å². The van der Waals surface area contributed by atoms with Gasteiger partial charge in [-0.1, -0.05) is 26.0 Å². The van der Waals surface area contributed by atoms with E-state index in [0.717, 1.165) is 35.2 Å². The summed E-state index contributed by atoms with van der Waals surface area (Å²) in [6.45, 7) is 4.93. The molecule has 2 aromatic rings. The Hall–Kier alpha value is -1.26. The highest BCUT2D eigenvalue weighted by Gasteiger charge is 2.60. The van der Waals surface area contributed by atoms with E-state index in [0.29, 0.717) is 17.3 Å². The van der Waals surface area contributed by atoms with Crippen molar-refractivity contribution < 1.29 is 9.50 Å². The highest BCUT2D eigenvalue weighted by atomic mass is 32.1. The smallest absolute Gasteiger partial charge is 0.123 e. The summed E-state index contributed by atoms with van der Waals surface area (Å²) in [7, 11) is 0. The van der Waals surface area contributed by atoms with Gasteiger partial charge < -0.3 is 5.11 Å². The van der Waals surface area contributed by atoms with E-state index in [9.17, 15) is 9.50 Å². The minimum absolute atomic E-state index is 0.0951. The van der Waals surface area contributed by atoms with Gasteiger partial charge in [0.15, 0.2) is 0 Å². The first-order chi connectivity index (χ1) is 14.4. The lowest BCUT2D eigenvalue weighted by atomic mass is 9.45. The third-order valence-corrected chi connectivity index (χ3v) is 11.1. The Labute approximate surface area is 182 Å². The van der Waals surface area contributed by atoms with Crippen molar-refractivity contribution in [2.24, 2.45) is 28.6 Å². The summed E-state index contributed by atoms with van der Waals surface area (Å²) in [5, 5.41) is 11.7. The van der Waals surface area contributed by atoms with Crippen LogP contribution in [-0.4, -0.2) is 16.2 Å². The highest BCUT2D eigenvalue weighted by Crippen LogP contribution is 2.68. The molecule has 0 spiro atoms. The molecule has 30 heavy (non-hydrogen) atoms. The molecule has 3 saturated carbocycles. The molecule has 0 amide bonds. The number of benzene rings is 1. The fourth-order valence-electron chi connectivity index (χ4n) is 8.17. The summed E-state index contributed by atoms with van der Waals surface area (Å²) in [5.41, 5.74) is 2.69. The molecule has 0 bridgehead atoms. The first-order valence-electron chi connectivity index (χ1n) is 11.8. The minimum Gasteiger partial charge on any atom is -0.393 e. The fourth-order valence-corrected chi connectivity index (χ4v) is 9.57. The fraction of sp³-hybridized carbons (Fsp3) is 0.654. The Morgan fingerprint density at radius 1 is 1.03 bits per heavy atom. The van der Waals surface area contributed by atoms with Crippen molar-refractivity contribution in [3.05, 3.63) is 40.7 Å². The van der Waals surface area contributed by atoms with E-state index in [1.54, 1.807) is 12.1 Å². The Bertz CT molecular complexity index is 987. The van der Waals surface area contributed by atoms with Gasteiger partial charge >= 0.3 is 0 Å². The van der Waals surface area contributed by atoms with E-state index in [4.69, 9.17) is 4.98 Å². The summed E-state index contributed by atoms with van der Waals surface area (Å²) in [6, 6.07) is 6.90. The van der Waals surface area contributed by atoms with Crippen LogP contribution in [-0.2, 0) is 6.42 Å². The summed E-state index contributed by atoms with van der Waals surface area (Å²) in [4.78, 5) is 6.47. The Morgan fingerprint density at radius 3 is 2.70 bits per heavy atom. The molecule has 1 aromatic carbocycles. The molecule has 4 aliphatic carbocycles. The lowest BCUT2D eigenvalue weighted by Crippen LogP contribution is -2.52. The molecule has 6 rings (SSSR count). The molecule has 2 nitrogen and oxygen atoms in total. The third-order valence-electron chi connectivity index (χ3n) is 9.83. The molecule has 1 aromatic heterocycles. The largest absolute Gasteiger partial charge is 0.393 e. The number of fused-ring (bicyclic) bond motifs is 7. The number of thiazole rings is 1. The van der Waals surface area contributed by atoms with Gasteiger partial charge in [0.2, 0.25) is 0 Å². The van der Waals surface area contributed by atoms with Crippen LogP contribution in [0.4, 0.5) is 4.39 Å². The van der Waals surface area contributed by atoms with Gasteiger partial charge in [0.1, 0.15) is 10.8 Å². The van der Waals surface area contributed by atoms with E-state index in [-0.39, 0.29) is 17.3 Å². The highest BCUT2D eigenvalue weighted by molar-refractivity contribution is 7.15. The van der Waals surface area contributed by atoms with Gasteiger partial charge in [-0.15, -0.1) is 11.3 Å². The topological polar surface area (TPSA) is 33.1 Å². The van der Waals surface area contributed by atoms with Crippen LogP contribution < -0.4 is 0 Å². The number of nitrogens with zero attached hydrogens (tertiary/aromatic N) is 1. The maximum Gasteiger partial charge on any atom is 0.123 e. The number of hydrogen-bond acceptors (Lipinski definition) is 3. The number of rotatable bonds is 1. The molecule has 0 saturated heterocycles. The molecule has 0 radical (unpaired) electrons. The predicted octanol–water partition coefficient (Wildman–Crippen LogP) is 6.58. The number of aryl methyl sites for hydroxylation is 1. The number of halogens is 1. The lowest BCUT2D eigenvalue weighted by Gasteiger charge is -2.59. The summed E-state index contributed by atoms with van der Waals surface area (Å²) >= 11 is 1.82. The van der Waals surface area contributed by atoms with Crippen molar-refractivity contribution >= 4 is 11.3 Å². The zero-order valence-corrected chi connectivity index (χ0v) is 18.9. The second-order valence-electron chi connectivity index (χ2n) is 11.0. The second kappa shape index (κ2) is 6.62. The second-order valence-corrected chi connectivity index (χ2v) is 12.0. The third kappa shape index (κ3) is 2.59. The molecule has 0 unspecified atom stereocenters. The average molecular weight is 426 g/mol. The van der Waals surface area contributed by atoms with E-state index in [2.05, 4.69) is 13.8 Å². The van der Waals surface area contributed by atoms with Crippen LogP contribution >= 0.6 is 11.3 Å². The Morgan fingerprint density at radius 2 is 1.87 bits per heavy atom. The number of hydrogen-bond donors (Lipinski definition) is 1. The van der Waals surface area contributed by atoms with Crippen molar-refractivity contribution in [3.8, 4) is 10.6 Å². The molecule has 7 atom stereocenters. The van der Waals surface area contributed by atoms with Gasteiger partial charge in [-0.05, 0) is 92.1 Å². The average Bonchev–Trinajstić information content (AvgIpc) is 3.29. The molecule has 3 fully saturated rings. The van der Waals surface area contributed by atoms with Crippen molar-refractivity contribution in [2.45, 2.75) is 77.2 Å². The van der Waals surface area contributed by atoms with Gasteiger partial charge in [0.05, 0.1) is 11.8 Å². The molecule has 4 aliphatic rings. The van der Waals surface area contributed by atoms with Crippen molar-refractivity contribution in [2.75, 3.05) is 0 Å². The molecular weight excluding hydrogens is 393 g/mol. The summed E-state index contributed by atoms with van der Waals surface area (Å²) in [5.74, 6) is 2.66. The Kier molecular flexibility index (Phi) is 4.29. The maximum atomic E-state index is 13.8. The molecule has 160 valence electrons. The van der Waals surface area contributed by atoms with Gasteiger partial charge in [-0.25, -0.2) is 9.37 Å². The van der Waals surface area contributed by atoms with Crippen molar-refractivity contribution in [1.82, 2.24) is 4.98 Å². The standard InChI is InChI=1S/C26H32FNOS/c1-25-13-11-21-23(30-24(28-21)15-4-3-5-16(27)14-15)20(25)7-6-17-18-8-9-22(29)26(18,2)12-10-19(17)25/h3-5,14,17-20,22,29H,6-13H2,1-2H3/t17-,18-,19-,20-,22-,25+,26-/m0/s1. The lowest BCUT2D eigenvalue weighted by molar-refractivity contribution is -0.0985. The molecule has 1 heterocycles. The van der Waals surface area contributed by atoms with Gasteiger partial charge in [0, 0.05) is 16.4 Å². The first-order valence-corrected chi connectivity index (χ1v) is 12.7. The van der Waals surface area contributed by atoms with E-state index in [1.807, 2.05) is 17.4 Å². The van der Waals surface area contributed by atoms with Crippen LogP contribution in [0.25, 0.3) is 10.6 Å². The minimum atomic E-state index is -0.185. The SMILES string of the molecule is C[C@]12CCc3nc(-c4cccc(F)c4)sc3[C@@H]1CC[C@@H]1[C@@H]2CC[C@]2(C)[C@@H](O)CC[C@@H]12. The van der Waals surface area contributed by atoms with Crippen molar-refractivity contribution in [3.63, 3.8) is 0 Å². The molecule has 1 N–H and O–H groups in total. The summed E-state index contributed by atoms with van der Waals surface area (Å²) < 4.78 is 13.8. The quantitative estimate of drug-likeness (QED) is 0.559.